The van der Waals surface area contributed by atoms with Gasteiger partial charge in [-0.3, -0.25) is 4.68 Å². The summed E-state index contributed by atoms with van der Waals surface area (Å²) in [5.41, 5.74) is 6.63. The van der Waals surface area contributed by atoms with E-state index < -0.39 is 0 Å². The van der Waals surface area contributed by atoms with E-state index in [0.717, 1.165) is 28.1 Å². The van der Waals surface area contributed by atoms with Gasteiger partial charge in [-0.05, 0) is 66.6 Å². The molecular weight excluding hydrogens is 457 g/mol. The number of nitrogens with one attached hydrogen (secondary N) is 2. The maximum atomic E-state index is 13.5. The first-order chi connectivity index (χ1) is 16.5. The number of imidazole rings is 1. The van der Waals surface area contributed by atoms with Crippen LogP contribution in [0.25, 0.3) is 39.0 Å². The first-order valence-electron chi connectivity index (χ1n) is 10.5. The average Bonchev–Trinajstić information content (AvgIpc) is 3.52. The van der Waals surface area contributed by atoms with Crippen molar-refractivity contribution in [1.82, 2.24) is 34.7 Å². The van der Waals surface area contributed by atoms with Crippen LogP contribution in [0, 0.1) is 12.7 Å². The fourth-order valence-corrected chi connectivity index (χ4v) is 4.43. The summed E-state index contributed by atoms with van der Waals surface area (Å²) < 4.78 is 17.1. The van der Waals surface area contributed by atoms with Crippen LogP contribution in [0.15, 0.2) is 65.6 Å². The molecule has 0 amide bonds. The SMILES string of the molecule is Cc1cc(F)ccc1Cn1nccc1-c1cc(Cl)c2nnn(-c3ccc4[nH]c(=O)[nH]c4c3)c2c1. The van der Waals surface area contributed by atoms with Gasteiger partial charge in [0.25, 0.3) is 0 Å². The number of benzene rings is 3. The monoisotopic (exact) mass is 473 g/mol. The molecule has 3 aromatic heterocycles. The second-order valence-corrected chi connectivity index (χ2v) is 8.49. The molecule has 168 valence electrons. The highest BCUT2D eigenvalue weighted by Gasteiger charge is 2.16. The highest BCUT2D eigenvalue weighted by molar-refractivity contribution is 6.35. The van der Waals surface area contributed by atoms with E-state index in [-0.39, 0.29) is 11.5 Å². The summed E-state index contributed by atoms with van der Waals surface area (Å²) >= 11 is 6.59. The van der Waals surface area contributed by atoms with E-state index in [1.54, 1.807) is 16.9 Å². The predicted octanol–water partition coefficient (Wildman–Crippen LogP) is 4.60. The quantitative estimate of drug-likeness (QED) is 0.391. The number of nitrogens with zero attached hydrogens (tertiary/aromatic N) is 5. The third kappa shape index (κ3) is 3.37. The first kappa shape index (κ1) is 20.4. The summed E-state index contributed by atoms with van der Waals surface area (Å²) in [6.45, 7) is 2.36. The molecule has 3 heterocycles. The molecule has 0 saturated heterocycles. The molecule has 2 N–H and O–H groups in total. The van der Waals surface area contributed by atoms with Gasteiger partial charge in [0.1, 0.15) is 11.3 Å². The first-order valence-corrected chi connectivity index (χ1v) is 10.9. The summed E-state index contributed by atoms with van der Waals surface area (Å²) in [6, 6.07) is 15.9. The van der Waals surface area contributed by atoms with E-state index >= 15 is 0 Å². The number of rotatable bonds is 4. The molecule has 6 aromatic rings. The summed E-state index contributed by atoms with van der Waals surface area (Å²) in [7, 11) is 0. The van der Waals surface area contributed by atoms with Gasteiger partial charge >= 0.3 is 5.69 Å². The Morgan fingerprint density at radius 3 is 2.74 bits per heavy atom. The minimum Gasteiger partial charge on any atom is -0.306 e. The number of H-pyrrole nitrogens is 2. The summed E-state index contributed by atoms with van der Waals surface area (Å²) in [5.74, 6) is -0.262. The molecule has 0 unspecified atom stereocenters. The van der Waals surface area contributed by atoms with Crippen molar-refractivity contribution in [3.63, 3.8) is 0 Å². The van der Waals surface area contributed by atoms with Crippen molar-refractivity contribution < 1.29 is 4.39 Å². The lowest BCUT2D eigenvalue weighted by Gasteiger charge is -2.11. The van der Waals surface area contributed by atoms with Gasteiger partial charge in [0.15, 0.2) is 0 Å². The van der Waals surface area contributed by atoms with Crippen molar-refractivity contribution in [2.24, 2.45) is 0 Å². The van der Waals surface area contributed by atoms with Gasteiger partial charge in [-0.15, -0.1) is 5.10 Å². The zero-order valence-corrected chi connectivity index (χ0v) is 18.6. The van der Waals surface area contributed by atoms with Crippen LogP contribution in [-0.4, -0.2) is 34.7 Å². The van der Waals surface area contributed by atoms with Crippen LogP contribution >= 0.6 is 11.6 Å². The minimum atomic E-state index is -0.273. The van der Waals surface area contributed by atoms with Crippen molar-refractivity contribution in [1.29, 1.82) is 0 Å². The smallest absolute Gasteiger partial charge is 0.306 e. The number of aromatic amines is 2. The normalized spacial score (nSPS) is 11.6. The zero-order valence-electron chi connectivity index (χ0n) is 17.9. The third-order valence-electron chi connectivity index (χ3n) is 5.89. The molecule has 0 fully saturated rings. The van der Waals surface area contributed by atoms with Crippen LogP contribution < -0.4 is 5.69 Å². The zero-order chi connectivity index (χ0) is 23.4. The number of hydrogen-bond donors (Lipinski definition) is 2. The second-order valence-electron chi connectivity index (χ2n) is 8.08. The maximum absolute atomic E-state index is 13.5. The molecule has 0 aliphatic carbocycles. The van der Waals surface area contributed by atoms with Crippen LogP contribution in [0.4, 0.5) is 4.39 Å². The molecule has 0 saturated carbocycles. The van der Waals surface area contributed by atoms with Crippen LogP contribution in [0.1, 0.15) is 11.1 Å². The molecule has 0 atom stereocenters. The second kappa shape index (κ2) is 7.67. The highest BCUT2D eigenvalue weighted by atomic mass is 35.5. The van der Waals surface area contributed by atoms with Crippen molar-refractivity contribution in [3.8, 4) is 16.9 Å². The number of hydrogen-bond acceptors (Lipinski definition) is 4. The Labute approximate surface area is 196 Å². The molecule has 0 spiro atoms. The molecule has 34 heavy (non-hydrogen) atoms. The van der Waals surface area contributed by atoms with Gasteiger partial charge in [0.2, 0.25) is 0 Å². The minimum absolute atomic E-state index is 0.262. The maximum Gasteiger partial charge on any atom is 0.323 e. The van der Waals surface area contributed by atoms with Gasteiger partial charge in [0, 0.05) is 11.8 Å². The fraction of sp³-hybridized carbons (Fsp3) is 0.0833. The average molecular weight is 474 g/mol. The lowest BCUT2D eigenvalue weighted by Crippen LogP contribution is -2.05. The van der Waals surface area contributed by atoms with Crippen LogP contribution in [0.3, 0.4) is 0 Å². The van der Waals surface area contributed by atoms with Crippen LogP contribution in [0.5, 0.6) is 0 Å². The van der Waals surface area contributed by atoms with E-state index in [1.165, 1.54) is 12.1 Å². The topological polar surface area (TPSA) is 97.2 Å². The van der Waals surface area contributed by atoms with Gasteiger partial charge in [-0.25, -0.2) is 13.9 Å². The molecule has 0 aliphatic rings. The fourth-order valence-electron chi connectivity index (χ4n) is 4.18. The molecule has 3 aromatic carbocycles. The summed E-state index contributed by atoms with van der Waals surface area (Å²) in [4.78, 5) is 17.1. The van der Waals surface area contributed by atoms with E-state index in [4.69, 9.17) is 11.6 Å². The van der Waals surface area contributed by atoms with Crippen LogP contribution in [-0.2, 0) is 6.54 Å². The summed E-state index contributed by atoms with van der Waals surface area (Å²) in [5, 5.41) is 13.5. The molecule has 0 bridgehead atoms. The van der Waals surface area contributed by atoms with Crippen molar-refractivity contribution in [2.45, 2.75) is 13.5 Å². The lowest BCUT2D eigenvalue weighted by atomic mass is 10.1. The molecular formula is C24H17ClFN7O. The van der Waals surface area contributed by atoms with E-state index in [1.807, 2.05) is 48.0 Å². The number of aromatic nitrogens is 7. The Balaban J connectivity index is 1.45. The van der Waals surface area contributed by atoms with Crippen molar-refractivity contribution in [2.75, 3.05) is 0 Å². The molecule has 0 radical (unpaired) electrons. The van der Waals surface area contributed by atoms with Crippen molar-refractivity contribution in [3.05, 3.63) is 93.2 Å². The Morgan fingerprint density at radius 1 is 1.03 bits per heavy atom. The Hall–Kier alpha value is -4.24. The van der Waals surface area contributed by atoms with E-state index in [9.17, 15) is 9.18 Å². The largest absolute Gasteiger partial charge is 0.323 e. The van der Waals surface area contributed by atoms with Gasteiger partial charge in [-0.2, -0.15) is 5.10 Å². The lowest BCUT2D eigenvalue weighted by molar-refractivity contribution is 0.623. The summed E-state index contributed by atoms with van der Waals surface area (Å²) in [6.07, 6.45) is 1.72. The highest BCUT2D eigenvalue weighted by Crippen LogP contribution is 2.31. The molecule has 0 aliphatic heterocycles. The van der Waals surface area contributed by atoms with Gasteiger partial charge in [0.05, 0.1) is 39.5 Å². The molecule has 8 nitrogen and oxygen atoms in total. The van der Waals surface area contributed by atoms with E-state index in [0.29, 0.717) is 33.6 Å². The Morgan fingerprint density at radius 2 is 1.88 bits per heavy atom. The number of halogens is 2. The number of aryl methyl sites for hydroxylation is 1. The molecule has 10 heteroatoms. The Bertz CT molecular complexity index is 1760. The van der Waals surface area contributed by atoms with Crippen LogP contribution in [0.2, 0.25) is 5.02 Å². The standard InChI is InChI=1S/C24H17ClFN7O/c1-13-8-16(26)3-2-14(13)12-32-21(6-7-27-32)15-9-18(25)23-22(10-15)33(31-30-23)17-4-5-19-20(11-17)29-24(34)28-19/h2-11H,12H2,1H3,(H2,28,29,34). The van der Waals surface area contributed by atoms with Crippen molar-refractivity contribution >= 4 is 33.7 Å². The predicted molar refractivity (Wildman–Crippen MR) is 128 cm³/mol. The van der Waals surface area contributed by atoms with Gasteiger partial charge in [-0.1, -0.05) is 22.9 Å². The van der Waals surface area contributed by atoms with Gasteiger partial charge < -0.3 is 9.97 Å². The molecule has 6 rings (SSSR count). The van der Waals surface area contributed by atoms with E-state index in [2.05, 4.69) is 25.4 Å². The third-order valence-corrected chi connectivity index (χ3v) is 6.17. The number of fused-ring (bicyclic) bond motifs is 2. The Kier molecular flexibility index (Phi) is 4.59.